The van der Waals surface area contributed by atoms with Crippen molar-refractivity contribution in [1.82, 2.24) is 20.2 Å². The second kappa shape index (κ2) is 57.1. The lowest BCUT2D eigenvalue weighted by Gasteiger charge is -2.28. The van der Waals surface area contributed by atoms with Crippen LogP contribution in [0.25, 0.3) is 0 Å². The van der Waals surface area contributed by atoms with E-state index in [1.54, 1.807) is 0 Å². The first-order chi connectivity index (χ1) is 36.1. The third-order valence-corrected chi connectivity index (χ3v) is 13.3. The molecule has 0 aliphatic heterocycles. The first-order valence-corrected chi connectivity index (χ1v) is 30.5. The highest BCUT2D eigenvalue weighted by atomic mass is 16.6. The molecule has 0 saturated heterocycles. The lowest BCUT2D eigenvalue weighted by Crippen LogP contribution is -2.45. The number of unbranched alkanes of at least 4 members (excludes halogenated alkanes) is 29. The molecule has 2 amide bonds. The fourth-order valence-electron chi connectivity index (χ4n) is 8.68. The van der Waals surface area contributed by atoms with Crippen LogP contribution in [0.1, 0.15) is 250 Å². The molecule has 0 aliphatic carbocycles. The van der Waals surface area contributed by atoms with Gasteiger partial charge in [0.05, 0.1) is 72.0 Å². The normalized spacial score (nSPS) is 12.2. The number of nitrogens with zero attached hydrogens (tertiary/aromatic N) is 2. The predicted octanol–water partition coefficient (Wildman–Crippen LogP) is 14.9. The van der Waals surface area contributed by atoms with Crippen molar-refractivity contribution in [3.05, 3.63) is 42.5 Å². The molecule has 2 N–H and O–H groups in total. The van der Waals surface area contributed by atoms with E-state index < -0.39 is 6.10 Å². The molecule has 0 radical (unpaired) electrons. The minimum Gasteiger partial charge on any atom is -0.378 e. The lowest BCUT2D eigenvalue weighted by molar-refractivity contribution is -0.149. The molecule has 1 atom stereocenters. The van der Waals surface area contributed by atoms with Gasteiger partial charge in [0.1, 0.15) is 5.69 Å². The van der Waals surface area contributed by atoms with E-state index in [1.165, 1.54) is 192 Å². The molecule has 73 heavy (non-hydrogen) atoms. The van der Waals surface area contributed by atoms with Crippen molar-refractivity contribution in [2.45, 2.75) is 245 Å². The molecule has 0 aromatic carbocycles. The molecule has 1 heterocycles. The number of hydrogen-bond acceptors (Lipinski definition) is 9. The molecule has 0 spiro atoms. The zero-order valence-corrected chi connectivity index (χ0v) is 47.6. The number of aromatic nitrogens is 2. The van der Waals surface area contributed by atoms with Crippen molar-refractivity contribution < 1.29 is 38.0 Å². The molecule has 1 rings (SSSR count). The van der Waals surface area contributed by atoms with Gasteiger partial charge in [-0.3, -0.25) is 9.59 Å². The number of imidazole rings is 1. The molecular formula is C61H114N4O8. The summed E-state index contributed by atoms with van der Waals surface area (Å²) in [5.41, 5.74) is 0.424. The van der Waals surface area contributed by atoms with Crippen molar-refractivity contribution in [3.63, 3.8) is 0 Å². The van der Waals surface area contributed by atoms with Gasteiger partial charge in [0, 0.05) is 32.8 Å². The summed E-state index contributed by atoms with van der Waals surface area (Å²) in [6.45, 7) is 13.5. The number of hydrogen-bond donors (Lipinski definition) is 2. The first-order valence-electron chi connectivity index (χ1n) is 30.5. The molecule has 1 aromatic rings. The second-order valence-electron chi connectivity index (χ2n) is 20.1. The van der Waals surface area contributed by atoms with Gasteiger partial charge in [0.2, 0.25) is 0 Å². The Kier molecular flexibility index (Phi) is 53.5. The van der Waals surface area contributed by atoms with E-state index in [9.17, 15) is 9.59 Å². The number of allylic oxidation sites excluding steroid dienone is 4. The van der Waals surface area contributed by atoms with E-state index in [0.717, 1.165) is 38.5 Å². The van der Waals surface area contributed by atoms with Gasteiger partial charge in [0.15, 0.2) is 6.10 Å². The fraction of sp³-hybridized carbons (Fsp3) is 0.852. The number of rotatable bonds is 59. The van der Waals surface area contributed by atoms with Crippen LogP contribution in [0.3, 0.4) is 0 Å². The van der Waals surface area contributed by atoms with Crippen LogP contribution in [0, 0.1) is 0 Å². The topological polar surface area (TPSA) is 133 Å². The monoisotopic (exact) mass is 1030 g/mol. The SMILES string of the molecule is CCCCCCCC/C=C\CCCCCCCCOCC(OCCCCCCCC/C=C\CCCCCCCC)C(=O)N(CCCCCCCC)CCOCCOCCOCCOCCNC(=O)c1cnc[nH]1. The van der Waals surface area contributed by atoms with E-state index in [1.807, 2.05) is 4.90 Å². The van der Waals surface area contributed by atoms with Crippen molar-refractivity contribution in [1.29, 1.82) is 0 Å². The fourth-order valence-corrected chi connectivity index (χ4v) is 8.68. The maximum atomic E-state index is 14.2. The van der Waals surface area contributed by atoms with Crippen LogP contribution >= 0.6 is 0 Å². The van der Waals surface area contributed by atoms with Crippen molar-refractivity contribution in [2.75, 3.05) is 92.3 Å². The van der Waals surface area contributed by atoms with Gasteiger partial charge in [-0.05, 0) is 70.6 Å². The average molecular weight is 1030 g/mol. The predicted molar refractivity (Wildman–Crippen MR) is 304 cm³/mol. The zero-order chi connectivity index (χ0) is 52.4. The van der Waals surface area contributed by atoms with Crippen LogP contribution in [0.4, 0.5) is 0 Å². The molecule has 0 bridgehead atoms. The van der Waals surface area contributed by atoms with Gasteiger partial charge in [-0.15, -0.1) is 0 Å². The number of H-pyrrole nitrogens is 1. The van der Waals surface area contributed by atoms with E-state index in [-0.39, 0.29) is 11.8 Å². The summed E-state index contributed by atoms with van der Waals surface area (Å²) in [7, 11) is 0. The Morgan fingerprint density at radius 3 is 1.36 bits per heavy atom. The van der Waals surface area contributed by atoms with Crippen LogP contribution in [-0.4, -0.2) is 125 Å². The minimum atomic E-state index is -0.598. The standard InChI is InChI=1S/C61H114N4O8/c1-4-7-10-13-16-18-20-22-24-26-28-30-32-34-37-40-45-72-56-59(73-46-41-38-35-33-31-29-27-25-23-21-19-17-14-11-8-5-2)61(67)65(43-39-36-15-12-9-6-3)44-48-69-50-52-71-54-53-70-51-49-68-47-42-63-60(66)58-55-62-57-64-58/h22-25,55,57,59H,4-21,26-54,56H2,1-3H3,(H,62,64)(H,63,66)/b24-22-,25-23-. The summed E-state index contributed by atoms with van der Waals surface area (Å²) in [4.78, 5) is 34.7. The summed E-state index contributed by atoms with van der Waals surface area (Å²) in [5, 5.41) is 2.77. The molecule has 0 aliphatic rings. The second-order valence-corrected chi connectivity index (χ2v) is 20.1. The van der Waals surface area contributed by atoms with Gasteiger partial charge in [-0.2, -0.15) is 0 Å². The first kappa shape index (κ1) is 68.4. The van der Waals surface area contributed by atoms with Crippen LogP contribution in [0.2, 0.25) is 0 Å². The van der Waals surface area contributed by atoms with Crippen molar-refractivity contribution >= 4 is 11.8 Å². The molecule has 12 heteroatoms. The maximum Gasteiger partial charge on any atom is 0.269 e. The molecule has 0 saturated carbocycles. The number of ether oxygens (including phenoxy) is 6. The van der Waals surface area contributed by atoms with E-state index in [4.69, 9.17) is 28.4 Å². The number of amides is 2. The van der Waals surface area contributed by atoms with Crippen LogP contribution < -0.4 is 5.32 Å². The third-order valence-electron chi connectivity index (χ3n) is 13.3. The minimum absolute atomic E-state index is 0.0268. The molecule has 426 valence electrons. The van der Waals surface area contributed by atoms with Gasteiger partial charge >= 0.3 is 0 Å². The van der Waals surface area contributed by atoms with Crippen LogP contribution in [0.5, 0.6) is 0 Å². The van der Waals surface area contributed by atoms with Gasteiger partial charge in [-0.1, -0.05) is 193 Å². The van der Waals surface area contributed by atoms with Gasteiger partial charge in [0.25, 0.3) is 11.8 Å². The van der Waals surface area contributed by atoms with E-state index >= 15 is 0 Å². The Labute approximate surface area is 448 Å². The van der Waals surface area contributed by atoms with Crippen molar-refractivity contribution in [2.24, 2.45) is 0 Å². The molecule has 1 unspecified atom stereocenters. The highest BCUT2D eigenvalue weighted by Gasteiger charge is 2.25. The molecule has 0 fully saturated rings. The Hall–Kier alpha value is -2.61. The van der Waals surface area contributed by atoms with Crippen LogP contribution in [-0.2, 0) is 33.2 Å². The quantitative estimate of drug-likeness (QED) is 0.0483. The summed E-state index contributed by atoms with van der Waals surface area (Å²) >= 11 is 0. The number of aromatic amines is 1. The van der Waals surface area contributed by atoms with E-state index in [0.29, 0.717) is 98.0 Å². The van der Waals surface area contributed by atoms with Gasteiger partial charge in [-0.25, -0.2) is 4.98 Å². The number of carbonyl (C=O) groups is 2. The molecule has 12 nitrogen and oxygen atoms in total. The van der Waals surface area contributed by atoms with E-state index in [2.05, 4.69) is 60.4 Å². The van der Waals surface area contributed by atoms with Crippen LogP contribution in [0.15, 0.2) is 36.8 Å². The third kappa shape index (κ3) is 47.6. The lowest BCUT2D eigenvalue weighted by atomic mass is 10.1. The Morgan fingerprint density at radius 1 is 0.479 bits per heavy atom. The highest BCUT2D eigenvalue weighted by molar-refractivity contribution is 5.91. The molecular weight excluding hydrogens is 917 g/mol. The number of nitrogens with one attached hydrogen (secondary N) is 2. The summed E-state index contributed by atoms with van der Waals surface area (Å²) in [6, 6.07) is 0. The number of carbonyl (C=O) groups excluding carboxylic acids is 2. The molecule has 1 aromatic heterocycles. The summed E-state index contributed by atoms with van der Waals surface area (Å²) in [5.74, 6) is -0.181. The smallest absolute Gasteiger partial charge is 0.269 e. The van der Waals surface area contributed by atoms with Gasteiger partial charge < -0.3 is 43.6 Å². The largest absolute Gasteiger partial charge is 0.378 e. The zero-order valence-electron chi connectivity index (χ0n) is 47.6. The Bertz CT molecular complexity index is 1330. The Morgan fingerprint density at radius 2 is 0.890 bits per heavy atom. The maximum absolute atomic E-state index is 14.2. The Balaban J connectivity index is 2.48. The summed E-state index contributed by atoms with van der Waals surface area (Å²) < 4.78 is 35.5. The van der Waals surface area contributed by atoms with Crippen molar-refractivity contribution in [3.8, 4) is 0 Å². The average Bonchev–Trinajstić information content (AvgIpc) is 3.95. The highest BCUT2D eigenvalue weighted by Crippen LogP contribution is 2.14. The summed E-state index contributed by atoms with van der Waals surface area (Å²) in [6.07, 6.45) is 54.6.